The third-order valence-electron chi connectivity index (χ3n) is 3.69. The Bertz CT molecular complexity index is 748. The number of unbranched alkanes of at least 4 members (excludes halogenated alkanes) is 1. The topological polar surface area (TPSA) is 70.6 Å². The number of nitrogens with zero attached hydrogens (tertiary/aromatic N) is 1. The molecule has 0 aliphatic carbocycles. The van der Waals surface area contributed by atoms with Crippen LogP contribution in [0.1, 0.15) is 36.8 Å². The molecule has 0 spiro atoms. The highest BCUT2D eigenvalue weighted by atomic mass is 19.1. The van der Waals surface area contributed by atoms with E-state index in [9.17, 15) is 14.0 Å². The Morgan fingerprint density at radius 3 is 2.31 bits per heavy atom. The van der Waals surface area contributed by atoms with Gasteiger partial charge in [0.15, 0.2) is 0 Å². The van der Waals surface area contributed by atoms with Crippen LogP contribution in [0.5, 0.6) is 0 Å². The SMILES string of the molecule is O=C(CCCCC(=O)NN=Cc1ccccc1F)NCc1ccccc1. The number of halogens is 1. The molecule has 26 heavy (non-hydrogen) atoms. The lowest BCUT2D eigenvalue weighted by molar-refractivity contribution is -0.123. The monoisotopic (exact) mass is 355 g/mol. The minimum absolute atomic E-state index is 0.0353. The first-order chi connectivity index (χ1) is 12.6. The first-order valence-corrected chi connectivity index (χ1v) is 8.52. The van der Waals surface area contributed by atoms with Gasteiger partial charge in [0.2, 0.25) is 11.8 Å². The molecule has 2 N–H and O–H groups in total. The molecule has 0 atom stereocenters. The molecule has 2 aromatic rings. The van der Waals surface area contributed by atoms with Crippen LogP contribution in [0.25, 0.3) is 0 Å². The fraction of sp³-hybridized carbons (Fsp3) is 0.250. The first-order valence-electron chi connectivity index (χ1n) is 8.52. The molecule has 5 nitrogen and oxygen atoms in total. The molecule has 0 fully saturated rings. The summed E-state index contributed by atoms with van der Waals surface area (Å²) in [6, 6.07) is 15.8. The Labute approximate surface area is 152 Å². The fourth-order valence-electron chi connectivity index (χ4n) is 2.27. The van der Waals surface area contributed by atoms with Crippen LogP contribution in [0.3, 0.4) is 0 Å². The van der Waals surface area contributed by atoms with E-state index < -0.39 is 5.82 Å². The number of hydrazone groups is 1. The van der Waals surface area contributed by atoms with Gasteiger partial charge in [0.05, 0.1) is 6.21 Å². The Balaban J connectivity index is 1.57. The molecule has 0 radical (unpaired) electrons. The summed E-state index contributed by atoms with van der Waals surface area (Å²) in [4.78, 5) is 23.4. The van der Waals surface area contributed by atoms with Gasteiger partial charge in [0.1, 0.15) is 5.82 Å². The van der Waals surface area contributed by atoms with Crippen molar-refractivity contribution in [2.75, 3.05) is 0 Å². The molecule has 0 unspecified atom stereocenters. The molecule has 2 aromatic carbocycles. The summed E-state index contributed by atoms with van der Waals surface area (Å²) in [5, 5.41) is 6.58. The van der Waals surface area contributed by atoms with Crippen molar-refractivity contribution in [3.63, 3.8) is 0 Å². The zero-order valence-corrected chi connectivity index (χ0v) is 14.5. The fourth-order valence-corrected chi connectivity index (χ4v) is 2.27. The number of hydrogen-bond donors (Lipinski definition) is 2. The molecular formula is C20H22FN3O2. The summed E-state index contributed by atoms with van der Waals surface area (Å²) in [7, 11) is 0. The Morgan fingerprint density at radius 1 is 0.923 bits per heavy atom. The molecule has 6 heteroatoms. The first kappa shape index (κ1) is 19.3. The summed E-state index contributed by atoms with van der Waals surface area (Å²) >= 11 is 0. The average Bonchev–Trinajstić information content (AvgIpc) is 2.66. The van der Waals surface area contributed by atoms with E-state index in [1.807, 2.05) is 30.3 Å². The second-order valence-corrected chi connectivity index (χ2v) is 5.78. The predicted octanol–water partition coefficient (Wildman–Crippen LogP) is 3.15. The van der Waals surface area contributed by atoms with Gasteiger partial charge in [-0.2, -0.15) is 5.10 Å². The smallest absolute Gasteiger partial charge is 0.240 e. The number of carbonyl (C=O) groups is 2. The highest BCUT2D eigenvalue weighted by Gasteiger charge is 2.04. The second kappa shape index (κ2) is 10.8. The summed E-state index contributed by atoms with van der Waals surface area (Å²) < 4.78 is 13.4. The second-order valence-electron chi connectivity index (χ2n) is 5.78. The molecule has 0 aromatic heterocycles. The van der Waals surface area contributed by atoms with Crippen LogP contribution < -0.4 is 10.7 Å². The van der Waals surface area contributed by atoms with E-state index in [4.69, 9.17) is 0 Å². The molecule has 2 rings (SSSR count). The van der Waals surface area contributed by atoms with Crippen molar-refractivity contribution in [2.24, 2.45) is 5.10 Å². The minimum atomic E-state index is -0.396. The van der Waals surface area contributed by atoms with E-state index in [0.29, 0.717) is 31.4 Å². The summed E-state index contributed by atoms with van der Waals surface area (Å²) in [5.41, 5.74) is 3.71. The van der Waals surface area contributed by atoms with Crippen LogP contribution in [0.2, 0.25) is 0 Å². The third-order valence-corrected chi connectivity index (χ3v) is 3.69. The zero-order valence-electron chi connectivity index (χ0n) is 14.5. The molecule has 0 aliphatic rings. The highest BCUT2D eigenvalue weighted by Crippen LogP contribution is 2.03. The van der Waals surface area contributed by atoms with Crippen LogP contribution in [0.15, 0.2) is 59.7 Å². The molecule has 0 saturated heterocycles. The van der Waals surface area contributed by atoms with Crippen molar-refractivity contribution in [3.05, 3.63) is 71.5 Å². The Morgan fingerprint density at radius 2 is 1.58 bits per heavy atom. The predicted molar refractivity (Wildman–Crippen MR) is 98.9 cm³/mol. The van der Waals surface area contributed by atoms with Gasteiger partial charge in [0.25, 0.3) is 0 Å². The lowest BCUT2D eigenvalue weighted by atomic mass is 10.1. The number of carbonyl (C=O) groups excluding carboxylic acids is 2. The molecule has 0 bridgehead atoms. The van der Waals surface area contributed by atoms with Gasteiger partial charge < -0.3 is 5.32 Å². The molecular weight excluding hydrogens is 333 g/mol. The van der Waals surface area contributed by atoms with Crippen molar-refractivity contribution in [1.29, 1.82) is 0 Å². The van der Waals surface area contributed by atoms with Crippen LogP contribution >= 0.6 is 0 Å². The van der Waals surface area contributed by atoms with Crippen LogP contribution in [-0.2, 0) is 16.1 Å². The Kier molecular flexibility index (Phi) is 7.99. The van der Waals surface area contributed by atoms with Crippen LogP contribution in [-0.4, -0.2) is 18.0 Å². The quantitative estimate of drug-likeness (QED) is 0.412. The number of nitrogens with one attached hydrogen (secondary N) is 2. The molecule has 0 heterocycles. The van der Waals surface area contributed by atoms with Gasteiger partial charge in [-0.15, -0.1) is 0 Å². The van der Waals surface area contributed by atoms with Crippen molar-refractivity contribution in [3.8, 4) is 0 Å². The maximum atomic E-state index is 13.4. The van der Waals surface area contributed by atoms with Gasteiger partial charge >= 0.3 is 0 Å². The number of hydrogen-bond acceptors (Lipinski definition) is 3. The lowest BCUT2D eigenvalue weighted by Crippen LogP contribution is -2.22. The molecule has 2 amide bonds. The van der Waals surface area contributed by atoms with Gasteiger partial charge in [0, 0.05) is 24.9 Å². The molecule has 136 valence electrons. The van der Waals surface area contributed by atoms with Gasteiger partial charge in [-0.25, -0.2) is 9.82 Å². The molecule has 0 aliphatic heterocycles. The van der Waals surface area contributed by atoms with Crippen LogP contribution in [0, 0.1) is 5.82 Å². The van der Waals surface area contributed by atoms with E-state index in [2.05, 4.69) is 15.8 Å². The van der Waals surface area contributed by atoms with E-state index in [1.54, 1.807) is 18.2 Å². The van der Waals surface area contributed by atoms with Gasteiger partial charge in [-0.3, -0.25) is 9.59 Å². The van der Waals surface area contributed by atoms with E-state index in [0.717, 1.165) is 5.56 Å². The maximum Gasteiger partial charge on any atom is 0.240 e. The summed E-state index contributed by atoms with van der Waals surface area (Å²) in [6.07, 6.45) is 3.11. The standard InChI is InChI=1S/C20H22FN3O2/c21-18-11-5-4-10-17(18)15-23-24-20(26)13-7-6-12-19(25)22-14-16-8-2-1-3-9-16/h1-5,8-11,15H,6-7,12-14H2,(H,22,25)(H,24,26). The minimum Gasteiger partial charge on any atom is -0.352 e. The number of amides is 2. The van der Waals surface area contributed by atoms with E-state index in [1.165, 1.54) is 12.3 Å². The van der Waals surface area contributed by atoms with Crippen molar-refractivity contribution in [1.82, 2.24) is 10.7 Å². The number of rotatable bonds is 9. The third kappa shape index (κ3) is 7.25. The maximum absolute atomic E-state index is 13.4. The van der Waals surface area contributed by atoms with Crippen LogP contribution in [0.4, 0.5) is 4.39 Å². The largest absolute Gasteiger partial charge is 0.352 e. The number of benzene rings is 2. The summed E-state index contributed by atoms with van der Waals surface area (Å²) in [5.74, 6) is -0.693. The highest BCUT2D eigenvalue weighted by molar-refractivity contribution is 5.82. The van der Waals surface area contributed by atoms with Crippen molar-refractivity contribution in [2.45, 2.75) is 32.2 Å². The normalized spacial score (nSPS) is 10.7. The van der Waals surface area contributed by atoms with E-state index in [-0.39, 0.29) is 18.2 Å². The lowest BCUT2D eigenvalue weighted by Gasteiger charge is -2.05. The average molecular weight is 355 g/mol. The van der Waals surface area contributed by atoms with Crippen molar-refractivity contribution >= 4 is 18.0 Å². The van der Waals surface area contributed by atoms with Gasteiger partial charge in [-0.1, -0.05) is 48.5 Å². The zero-order chi connectivity index (χ0) is 18.6. The van der Waals surface area contributed by atoms with Gasteiger partial charge in [-0.05, 0) is 24.5 Å². The summed E-state index contributed by atoms with van der Waals surface area (Å²) in [6.45, 7) is 0.505. The molecule has 0 saturated carbocycles. The Hall–Kier alpha value is -3.02. The van der Waals surface area contributed by atoms with Crippen molar-refractivity contribution < 1.29 is 14.0 Å². The van der Waals surface area contributed by atoms with E-state index >= 15 is 0 Å².